The highest BCUT2D eigenvalue weighted by Gasteiger charge is 2.08. The maximum atomic E-state index is 5.97. The molecule has 0 fully saturated rings. The van der Waals surface area contributed by atoms with Crippen molar-refractivity contribution >= 4 is 29.1 Å². The van der Waals surface area contributed by atoms with Crippen LogP contribution in [-0.4, -0.2) is 19.7 Å². The lowest BCUT2D eigenvalue weighted by Gasteiger charge is -2.06. The molecule has 0 spiro atoms. The molecule has 6 nitrogen and oxygen atoms in total. The van der Waals surface area contributed by atoms with E-state index in [4.69, 9.17) is 17.3 Å². The summed E-state index contributed by atoms with van der Waals surface area (Å²) in [6.45, 7) is 4.10. The van der Waals surface area contributed by atoms with E-state index in [1.807, 2.05) is 30.8 Å². The number of anilines is 3. The average molecular weight is 253 g/mol. The zero-order valence-corrected chi connectivity index (χ0v) is 10.3. The summed E-state index contributed by atoms with van der Waals surface area (Å²) < 4.78 is 1.83. The van der Waals surface area contributed by atoms with Crippen molar-refractivity contribution < 1.29 is 0 Å². The Kier molecular flexibility index (Phi) is 3.14. The first kappa shape index (κ1) is 11.7. The third kappa shape index (κ3) is 2.47. The fourth-order valence-corrected chi connectivity index (χ4v) is 1.43. The predicted octanol–water partition coefficient (Wildman–Crippen LogP) is 2.23. The molecule has 0 saturated heterocycles. The number of nitrogens with one attached hydrogen (secondary N) is 1. The Morgan fingerprint density at radius 3 is 2.82 bits per heavy atom. The van der Waals surface area contributed by atoms with E-state index in [2.05, 4.69) is 20.4 Å². The van der Waals surface area contributed by atoms with Crippen LogP contribution in [0, 0.1) is 0 Å². The molecule has 0 atom stereocenters. The van der Waals surface area contributed by atoms with Gasteiger partial charge in [-0.15, -0.1) is 0 Å². The number of aromatic nitrogens is 4. The van der Waals surface area contributed by atoms with Gasteiger partial charge in [-0.2, -0.15) is 5.10 Å². The van der Waals surface area contributed by atoms with Crippen LogP contribution in [0.2, 0.25) is 5.02 Å². The second-order valence-corrected chi connectivity index (χ2v) is 4.20. The van der Waals surface area contributed by atoms with Gasteiger partial charge in [0.05, 0.1) is 0 Å². The monoisotopic (exact) mass is 252 g/mol. The highest BCUT2D eigenvalue weighted by atomic mass is 35.5. The second kappa shape index (κ2) is 4.58. The Morgan fingerprint density at radius 2 is 2.18 bits per heavy atom. The molecule has 7 heteroatoms. The van der Waals surface area contributed by atoms with Gasteiger partial charge in [0.25, 0.3) is 0 Å². The molecule has 0 bridgehead atoms. The fourth-order valence-electron chi connectivity index (χ4n) is 1.28. The van der Waals surface area contributed by atoms with E-state index in [1.165, 1.54) is 6.33 Å². The van der Waals surface area contributed by atoms with E-state index in [9.17, 15) is 0 Å². The van der Waals surface area contributed by atoms with Crippen molar-refractivity contribution in [2.75, 3.05) is 11.1 Å². The van der Waals surface area contributed by atoms with Crippen molar-refractivity contribution in [2.45, 2.75) is 19.9 Å². The van der Waals surface area contributed by atoms with E-state index < -0.39 is 0 Å². The smallest absolute Gasteiger partial charge is 0.156 e. The molecule has 0 aliphatic heterocycles. The van der Waals surface area contributed by atoms with Crippen molar-refractivity contribution in [2.24, 2.45) is 0 Å². The molecular formula is C10H13ClN6. The Balaban J connectivity index is 2.22. The number of nitrogen functional groups attached to an aromatic ring is 1. The number of hydrogen-bond donors (Lipinski definition) is 2. The van der Waals surface area contributed by atoms with Crippen molar-refractivity contribution in [3.8, 4) is 0 Å². The minimum absolute atomic E-state index is 0.243. The lowest BCUT2D eigenvalue weighted by molar-refractivity contribution is 0.534. The van der Waals surface area contributed by atoms with Gasteiger partial charge in [0.15, 0.2) is 11.6 Å². The SMILES string of the molecule is CC(C)n1ccc(Nc2ncnc(N)c2Cl)n1. The van der Waals surface area contributed by atoms with Gasteiger partial charge in [0.1, 0.15) is 17.2 Å². The lowest BCUT2D eigenvalue weighted by Crippen LogP contribution is -2.03. The third-order valence-electron chi connectivity index (χ3n) is 2.20. The van der Waals surface area contributed by atoms with Gasteiger partial charge in [0, 0.05) is 18.3 Å². The minimum atomic E-state index is 0.243. The number of hydrogen-bond acceptors (Lipinski definition) is 5. The zero-order valence-electron chi connectivity index (χ0n) is 9.55. The molecule has 3 N–H and O–H groups in total. The summed E-state index contributed by atoms with van der Waals surface area (Å²) in [5.41, 5.74) is 5.58. The van der Waals surface area contributed by atoms with Crippen LogP contribution in [0.25, 0.3) is 0 Å². The number of nitrogens with two attached hydrogens (primary N) is 1. The van der Waals surface area contributed by atoms with Crippen LogP contribution < -0.4 is 11.1 Å². The van der Waals surface area contributed by atoms with Gasteiger partial charge in [-0.05, 0) is 13.8 Å². The first-order chi connectivity index (χ1) is 8.08. The summed E-state index contributed by atoms with van der Waals surface area (Å²) in [4.78, 5) is 7.79. The van der Waals surface area contributed by atoms with Gasteiger partial charge in [-0.3, -0.25) is 4.68 Å². The molecule has 90 valence electrons. The van der Waals surface area contributed by atoms with Gasteiger partial charge in [0.2, 0.25) is 0 Å². The topological polar surface area (TPSA) is 81.7 Å². The average Bonchev–Trinajstić information content (AvgIpc) is 2.73. The molecule has 2 aromatic rings. The first-order valence-electron chi connectivity index (χ1n) is 5.16. The summed E-state index contributed by atoms with van der Waals surface area (Å²) in [6, 6.07) is 2.14. The van der Waals surface area contributed by atoms with Crippen LogP contribution >= 0.6 is 11.6 Å². The number of nitrogens with zero attached hydrogens (tertiary/aromatic N) is 4. The second-order valence-electron chi connectivity index (χ2n) is 3.82. The Morgan fingerprint density at radius 1 is 1.41 bits per heavy atom. The van der Waals surface area contributed by atoms with Crippen molar-refractivity contribution in [1.29, 1.82) is 0 Å². The summed E-state index contributed by atoms with van der Waals surface area (Å²) >= 11 is 5.97. The number of rotatable bonds is 3. The van der Waals surface area contributed by atoms with E-state index >= 15 is 0 Å². The summed E-state index contributed by atoms with van der Waals surface area (Å²) in [5.74, 6) is 1.36. The maximum Gasteiger partial charge on any atom is 0.156 e. The van der Waals surface area contributed by atoms with Gasteiger partial charge in [-0.25, -0.2) is 9.97 Å². The molecular weight excluding hydrogens is 240 g/mol. The third-order valence-corrected chi connectivity index (χ3v) is 2.57. The quantitative estimate of drug-likeness (QED) is 0.875. The molecule has 0 aliphatic rings. The fraction of sp³-hybridized carbons (Fsp3) is 0.300. The molecule has 2 aromatic heterocycles. The molecule has 0 saturated carbocycles. The lowest BCUT2D eigenvalue weighted by atomic mass is 10.4. The van der Waals surface area contributed by atoms with Crippen LogP contribution in [0.5, 0.6) is 0 Å². The van der Waals surface area contributed by atoms with E-state index in [0.717, 1.165) is 0 Å². The highest BCUT2D eigenvalue weighted by molar-refractivity contribution is 6.35. The van der Waals surface area contributed by atoms with Crippen molar-refractivity contribution in [3.05, 3.63) is 23.6 Å². The van der Waals surface area contributed by atoms with Gasteiger partial charge in [-0.1, -0.05) is 11.6 Å². The Hall–Kier alpha value is -1.82. The predicted molar refractivity (Wildman–Crippen MR) is 67.3 cm³/mol. The molecule has 0 amide bonds. The minimum Gasteiger partial charge on any atom is -0.382 e. The molecule has 0 unspecified atom stereocenters. The van der Waals surface area contributed by atoms with Crippen LogP contribution in [0.1, 0.15) is 19.9 Å². The van der Waals surface area contributed by atoms with Crippen LogP contribution in [-0.2, 0) is 0 Å². The Labute approximate surface area is 104 Å². The van der Waals surface area contributed by atoms with Crippen molar-refractivity contribution in [1.82, 2.24) is 19.7 Å². The normalized spacial score (nSPS) is 10.8. The molecule has 0 aromatic carbocycles. The standard InChI is InChI=1S/C10H13ClN6/c1-6(2)17-4-3-7(16-17)15-10-8(11)9(12)13-5-14-10/h3-6H,1-2H3,(H3,12,13,14,15,16). The largest absolute Gasteiger partial charge is 0.382 e. The van der Waals surface area contributed by atoms with Crippen LogP contribution in [0.4, 0.5) is 17.5 Å². The van der Waals surface area contributed by atoms with Crippen LogP contribution in [0.15, 0.2) is 18.6 Å². The summed E-state index contributed by atoms with van der Waals surface area (Å²) in [5, 5.41) is 7.61. The first-order valence-corrected chi connectivity index (χ1v) is 5.54. The van der Waals surface area contributed by atoms with E-state index in [1.54, 1.807) is 0 Å². The Bertz CT molecular complexity index is 521. The highest BCUT2D eigenvalue weighted by Crippen LogP contribution is 2.25. The van der Waals surface area contributed by atoms with Crippen LogP contribution in [0.3, 0.4) is 0 Å². The maximum absolute atomic E-state index is 5.97. The molecule has 2 rings (SSSR count). The van der Waals surface area contributed by atoms with Gasteiger partial charge < -0.3 is 11.1 Å². The van der Waals surface area contributed by atoms with E-state index in [-0.39, 0.29) is 5.82 Å². The molecule has 0 radical (unpaired) electrons. The summed E-state index contributed by atoms with van der Waals surface area (Å²) in [7, 11) is 0. The summed E-state index contributed by atoms with van der Waals surface area (Å²) in [6.07, 6.45) is 3.23. The van der Waals surface area contributed by atoms with E-state index in [0.29, 0.717) is 22.7 Å². The number of halogens is 1. The van der Waals surface area contributed by atoms with Crippen molar-refractivity contribution in [3.63, 3.8) is 0 Å². The van der Waals surface area contributed by atoms with Gasteiger partial charge >= 0.3 is 0 Å². The molecule has 2 heterocycles. The zero-order chi connectivity index (χ0) is 12.4. The molecule has 0 aliphatic carbocycles. The molecule has 17 heavy (non-hydrogen) atoms.